The Balaban J connectivity index is 0.000000108. The number of fused-ring (bicyclic) bond motifs is 22. The maximum atomic E-state index is 2.50. The molecule has 145 heavy (non-hydrogen) atoms. The number of rotatable bonds is 9. The number of hydrogen-bond acceptors (Lipinski definition) is 0. The minimum absolute atomic E-state index is 0.0194. The quantitative estimate of drug-likeness (QED) is 0.100. The van der Waals surface area contributed by atoms with Gasteiger partial charge in [0, 0.05) is 50.5 Å². The smallest absolute Gasteiger partial charge is 0.113 e. The molecule has 23 aromatic carbocycles. The van der Waals surface area contributed by atoms with Gasteiger partial charge < -0.3 is 4.57 Å². The van der Waals surface area contributed by atoms with Crippen molar-refractivity contribution in [2.24, 2.45) is 7.05 Å². The Labute approximate surface area is 850 Å². The van der Waals surface area contributed by atoms with Crippen molar-refractivity contribution in [3.63, 3.8) is 0 Å². The average Bonchev–Trinajstić information content (AvgIpc) is 1.68. The fourth-order valence-corrected chi connectivity index (χ4v) is 29.8. The lowest BCUT2D eigenvalue weighted by molar-refractivity contribution is 0.660. The standard InChI is InChI=1S/C49H38Si.C48H35N.C46H36/c1-49(2)43-20-12-10-16-35(43)40-29-33(23-26-44(40)49)48-38-19-9-8-18-37(38)47(39-25-22-32(28-42(39)48)31-14-6-5-7-15-31)34-24-27-46-41(30-34)36-17-11-13-21-45(36)50(46,3)4;1-48(2)42-19-11-9-15-34(42)39-28-32(22-25-43(39)48)47-37-18-8-7-17-36(37)46(38-24-21-31(27-41(38)47)30-13-5-4-6-14-30)33-23-26-45-40(29-33)35-16-10-12-20-44(35)49(45)3;1-45(2)39-20-12-8-16-31(39)28-42(45)44-35-19-10-9-18-34(35)43(38-26-30(22-24-36(38)44)29-14-6-5-7-15-29)32-23-25-41-37(27-32)33-17-11-13-21-40(33)46(41,3)4/h5-30H,1-4H3;4-29H,1-3H3;5-28H,1-4H3. The van der Waals surface area contributed by atoms with Gasteiger partial charge in [-0.25, -0.2) is 0 Å². The van der Waals surface area contributed by atoms with Crippen LogP contribution in [0.2, 0.25) is 13.1 Å². The highest BCUT2D eigenvalue weighted by atomic mass is 28.3. The van der Waals surface area contributed by atoms with Gasteiger partial charge in [-0.1, -0.05) is 463 Å². The van der Waals surface area contributed by atoms with Gasteiger partial charge in [0.1, 0.15) is 8.07 Å². The number of nitrogens with zero attached hydrogens (tertiary/aromatic N) is 1. The second-order valence-electron chi connectivity index (χ2n) is 43.6. The van der Waals surface area contributed by atoms with Crippen molar-refractivity contribution in [3.8, 4) is 134 Å². The fraction of sp³-hybridized carbons (Fsp3) is 0.105. The topological polar surface area (TPSA) is 4.93 Å². The molecule has 1 aliphatic heterocycles. The minimum Gasteiger partial charge on any atom is -0.344 e. The van der Waals surface area contributed by atoms with Gasteiger partial charge in [0.15, 0.2) is 0 Å². The lowest BCUT2D eigenvalue weighted by Crippen LogP contribution is -2.49. The lowest BCUT2D eigenvalue weighted by atomic mass is 9.75. The molecule has 0 radical (unpaired) electrons. The van der Waals surface area contributed by atoms with E-state index in [-0.39, 0.29) is 21.7 Å². The molecule has 5 aliphatic rings. The van der Waals surface area contributed by atoms with E-state index in [1.54, 1.807) is 10.4 Å². The maximum Gasteiger partial charge on any atom is 0.113 e. The molecule has 1 nitrogen and oxygen atoms in total. The first-order chi connectivity index (χ1) is 70.6. The second-order valence-corrected chi connectivity index (χ2v) is 47.9. The summed E-state index contributed by atoms with van der Waals surface area (Å²) in [6.45, 7) is 23.9. The van der Waals surface area contributed by atoms with Crippen molar-refractivity contribution in [2.45, 2.75) is 90.1 Å². The number of benzene rings is 23. The molecule has 0 spiro atoms. The third-order valence-electron chi connectivity index (χ3n) is 34.0. The van der Waals surface area contributed by atoms with Crippen molar-refractivity contribution in [2.75, 3.05) is 0 Å². The first kappa shape index (κ1) is 87.4. The van der Waals surface area contributed by atoms with Crippen molar-refractivity contribution in [3.05, 3.63) is 505 Å². The summed E-state index contributed by atoms with van der Waals surface area (Å²) >= 11 is 0. The van der Waals surface area contributed by atoms with Gasteiger partial charge in [-0.05, 0) is 331 Å². The van der Waals surface area contributed by atoms with Crippen LogP contribution in [0.4, 0.5) is 0 Å². The molecule has 0 fully saturated rings. The SMILES string of the molecule is CC1(C)C(c2c3ccccc3c(-c3ccc4c(c3)-c3ccccc3C4(C)C)c3cc(-c4ccccc4)ccc23)=Cc2ccccc21.CC1(C)c2ccccc2-c2cc(-c3c4ccccc4c(-c4ccc5c(c4)-c4ccccc4[Si]5(C)C)c4ccc(-c5ccccc5)cc34)ccc21.Cn1c2ccccc2c2cc(-c3c4ccccc4c(-c4ccc5c(c4)-c4ccccc4C5(C)C)c4cc(-c5ccccc5)ccc34)ccc21. The summed E-state index contributed by atoms with van der Waals surface area (Å²) < 4.78 is 2.31. The molecule has 24 aromatic rings. The summed E-state index contributed by atoms with van der Waals surface area (Å²) in [5.41, 5.74) is 47.4. The van der Waals surface area contributed by atoms with E-state index in [2.05, 4.69) is 541 Å². The van der Waals surface area contributed by atoms with E-state index in [4.69, 9.17) is 0 Å². The summed E-state index contributed by atoms with van der Waals surface area (Å²) in [7, 11) is 0.417. The molecule has 0 amide bonds. The van der Waals surface area contributed by atoms with Gasteiger partial charge in [0.2, 0.25) is 0 Å². The van der Waals surface area contributed by atoms with Crippen molar-refractivity contribution in [1.29, 1.82) is 0 Å². The van der Waals surface area contributed by atoms with Crippen LogP contribution in [0, 0.1) is 0 Å². The molecule has 0 atom stereocenters. The molecule has 0 saturated heterocycles. The Kier molecular flexibility index (Phi) is 19.9. The normalized spacial score (nSPS) is 14.5. The average molecular weight is 1870 g/mol. The molecule has 1 aromatic heterocycles. The first-order valence-electron chi connectivity index (χ1n) is 51.6. The number of aryl methyl sites for hydroxylation is 1. The molecular formula is C143H109NSi. The van der Waals surface area contributed by atoms with Crippen LogP contribution >= 0.6 is 0 Å². The Morgan fingerprint density at radius 2 is 0.448 bits per heavy atom. The summed E-state index contributed by atoms with van der Waals surface area (Å²) in [6, 6.07) is 171. The largest absolute Gasteiger partial charge is 0.344 e. The summed E-state index contributed by atoms with van der Waals surface area (Å²) in [5, 5.41) is 21.2. The van der Waals surface area contributed by atoms with E-state index in [0.29, 0.717) is 0 Å². The Hall–Kier alpha value is -16.6. The van der Waals surface area contributed by atoms with E-state index in [9.17, 15) is 0 Å². The number of allylic oxidation sites excluding steroid dienone is 1. The highest BCUT2D eigenvalue weighted by Gasteiger charge is 2.42. The molecule has 29 rings (SSSR count). The first-order valence-corrected chi connectivity index (χ1v) is 54.6. The second kappa shape index (κ2) is 33.0. The Morgan fingerprint density at radius 1 is 0.172 bits per heavy atom. The molecular weight excluding hydrogens is 1760 g/mol. The molecule has 0 bridgehead atoms. The summed E-state index contributed by atoms with van der Waals surface area (Å²) in [6.07, 6.45) is 2.44. The van der Waals surface area contributed by atoms with Gasteiger partial charge in [-0.2, -0.15) is 0 Å². The van der Waals surface area contributed by atoms with Crippen LogP contribution in [-0.2, 0) is 28.7 Å². The molecule has 0 unspecified atom stereocenters. The summed E-state index contributed by atoms with van der Waals surface area (Å²) in [5.74, 6) is 0. The van der Waals surface area contributed by atoms with Crippen LogP contribution < -0.4 is 10.4 Å². The fourth-order valence-electron chi connectivity index (χ4n) is 26.7. The molecule has 0 saturated carbocycles. The van der Waals surface area contributed by atoms with Crippen LogP contribution in [0.25, 0.3) is 232 Å². The van der Waals surface area contributed by atoms with Gasteiger partial charge in [-0.15, -0.1) is 0 Å². The Morgan fingerprint density at radius 3 is 0.869 bits per heavy atom. The van der Waals surface area contributed by atoms with Gasteiger partial charge in [0.25, 0.3) is 0 Å². The predicted octanol–water partition coefficient (Wildman–Crippen LogP) is 37.5. The van der Waals surface area contributed by atoms with Crippen molar-refractivity contribution < 1.29 is 0 Å². The molecule has 0 N–H and O–H groups in total. The predicted molar refractivity (Wildman–Crippen MR) is 624 cm³/mol. The highest BCUT2D eigenvalue weighted by Crippen LogP contribution is 2.59. The van der Waals surface area contributed by atoms with E-state index >= 15 is 0 Å². The maximum absolute atomic E-state index is 2.50. The monoisotopic (exact) mass is 1870 g/mol. The van der Waals surface area contributed by atoms with E-state index in [0.717, 1.165) is 0 Å². The van der Waals surface area contributed by atoms with Crippen LogP contribution in [-0.4, -0.2) is 12.6 Å². The van der Waals surface area contributed by atoms with Crippen LogP contribution in [0.15, 0.2) is 455 Å². The van der Waals surface area contributed by atoms with Crippen LogP contribution in [0.3, 0.4) is 0 Å². The Bertz CT molecular complexity index is 9640. The summed E-state index contributed by atoms with van der Waals surface area (Å²) in [4.78, 5) is 0. The van der Waals surface area contributed by atoms with Crippen molar-refractivity contribution in [1.82, 2.24) is 4.57 Å². The number of aromatic nitrogens is 1. The van der Waals surface area contributed by atoms with E-state index in [1.807, 2.05) is 0 Å². The van der Waals surface area contributed by atoms with Crippen LogP contribution in [0.5, 0.6) is 0 Å². The lowest BCUT2D eigenvalue weighted by Gasteiger charge is -2.28. The van der Waals surface area contributed by atoms with Crippen LogP contribution in [0.1, 0.15) is 105 Å². The van der Waals surface area contributed by atoms with Gasteiger partial charge in [0.05, 0.1) is 0 Å². The molecule has 690 valence electrons. The molecule has 4 aliphatic carbocycles. The minimum atomic E-state index is -1.75. The van der Waals surface area contributed by atoms with E-state index < -0.39 is 8.07 Å². The third-order valence-corrected chi connectivity index (χ3v) is 37.5. The zero-order chi connectivity index (χ0) is 97.8. The molecule has 2 heteroatoms. The van der Waals surface area contributed by atoms with Gasteiger partial charge >= 0.3 is 0 Å². The van der Waals surface area contributed by atoms with Crippen molar-refractivity contribution >= 4 is 117 Å². The molecule has 2 heterocycles. The van der Waals surface area contributed by atoms with E-state index in [1.165, 1.54) is 276 Å². The number of hydrogen-bond donors (Lipinski definition) is 0. The zero-order valence-corrected chi connectivity index (χ0v) is 84.8. The highest BCUT2D eigenvalue weighted by molar-refractivity contribution is 7.03. The zero-order valence-electron chi connectivity index (χ0n) is 83.8. The van der Waals surface area contributed by atoms with Gasteiger partial charge in [-0.3, -0.25) is 0 Å². The number of para-hydroxylation sites is 1. The third kappa shape index (κ3) is 13.4.